The lowest BCUT2D eigenvalue weighted by molar-refractivity contribution is 0.0693. The Kier molecular flexibility index (Phi) is 4.75. The van der Waals surface area contributed by atoms with Crippen molar-refractivity contribution in [3.63, 3.8) is 0 Å². The molecular weight excluding hydrogens is 378 g/mol. The van der Waals surface area contributed by atoms with Crippen LogP contribution in [0.1, 0.15) is 46.1 Å². The van der Waals surface area contributed by atoms with E-state index in [1.807, 2.05) is 37.8 Å². The summed E-state index contributed by atoms with van der Waals surface area (Å²) in [6.45, 7) is 6.93. The number of carbonyl (C=O) groups excluding carboxylic acids is 1. The number of nitrogens with zero attached hydrogens (tertiary/aromatic N) is 3. The zero-order valence-electron chi connectivity index (χ0n) is 16.2. The molecule has 7 heteroatoms. The second-order valence-electron chi connectivity index (χ2n) is 7.51. The van der Waals surface area contributed by atoms with E-state index in [1.165, 1.54) is 0 Å². The summed E-state index contributed by atoms with van der Waals surface area (Å²) >= 11 is 5.99. The second kappa shape index (κ2) is 7.09. The quantitative estimate of drug-likeness (QED) is 0.610. The summed E-state index contributed by atoms with van der Waals surface area (Å²) in [5.41, 5.74) is 4.81. The molecular formula is C21H22ClN3O3. The van der Waals surface area contributed by atoms with Gasteiger partial charge >= 0.3 is 5.76 Å². The highest BCUT2D eigenvalue weighted by Gasteiger charge is 2.28. The number of rotatable bonds is 2. The molecule has 0 bridgehead atoms. The topological polar surface area (TPSA) is 68.3 Å². The van der Waals surface area contributed by atoms with E-state index in [0.717, 1.165) is 16.6 Å². The van der Waals surface area contributed by atoms with Crippen molar-refractivity contribution < 1.29 is 9.21 Å². The standard InChI is InChI=1S/C21H22ClN3O3/c1-12-8-13(2)19-17(9-12)25(21(27)28-19)16-4-6-24(7-5-16)20(26)15-10-14(3)23-18(22)11-15/h8-11,16H,4-7H2,1-3H3. The normalized spacial score (nSPS) is 15.4. The molecule has 0 unspecified atom stereocenters. The van der Waals surface area contributed by atoms with Gasteiger partial charge in [0.25, 0.3) is 5.91 Å². The highest BCUT2D eigenvalue weighted by molar-refractivity contribution is 6.29. The molecule has 0 spiro atoms. The van der Waals surface area contributed by atoms with Gasteiger partial charge in [0.05, 0.1) is 5.52 Å². The van der Waals surface area contributed by atoms with Gasteiger partial charge < -0.3 is 9.32 Å². The number of hydrogen-bond donors (Lipinski definition) is 0. The molecule has 0 radical (unpaired) electrons. The average Bonchev–Trinajstić information content (AvgIpc) is 2.97. The molecule has 0 aliphatic carbocycles. The smallest absolute Gasteiger partial charge is 0.407 e. The number of oxazole rings is 1. The van der Waals surface area contributed by atoms with Crippen LogP contribution in [0.15, 0.2) is 33.5 Å². The van der Waals surface area contributed by atoms with Gasteiger partial charge in [-0.15, -0.1) is 0 Å². The molecule has 0 saturated carbocycles. The maximum Gasteiger partial charge on any atom is 0.420 e. The summed E-state index contributed by atoms with van der Waals surface area (Å²) < 4.78 is 7.27. The number of hydrogen-bond acceptors (Lipinski definition) is 4. The minimum atomic E-state index is -0.329. The number of fused-ring (bicyclic) bond motifs is 1. The van der Waals surface area contributed by atoms with Crippen LogP contribution in [0.25, 0.3) is 11.1 Å². The van der Waals surface area contributed by atoms with Crippen LogP contribution in [0.2, 0.25) is 5.15 Å². The van der Waals surface area contributed by atoms with Crippen LogP contribution < -0.4 is 5.76 Å². The van der Waals surface area contributed by atoms with Gasteiger partial charge in [0.15, 0.2) is 5.58 Å². The maximum atomic E-state index is 12.8. The first-order valence-corrected chi connectivity index (χ1v) is 9.77. The van der Waals surface area contributed by atoms with E-state index in [9.17, 15) is 9.59 Å². The molecule has 28 heavy (non-hydrogen) atoms. The van der Waals surface area contributed by atoms with Gasteiger partial charge in [-0.2, -0.15) is 0 Å². The fourth-order valence-corrected chi connectivity index (χ4v) is 4.34. The number of halogens is 1. The Labute approximate surface area is 167 Å². The zero-order valence-corrected chi connectivity index (χ0v) is 16.9. The average molecular weight is 400 g/mol. The van der Waals surface area contributed by atoms with Gasteiger partial charge in [0.1, 0.15) is 5.15 Å². The van der Waals surface area contributed by atoms with Crippen molar-refractivity contribution in [2.45, 2.75) is 39.7 Å². The Hall–Kier alpha value is -2.60. The number of likely N-dealkylation sites (tertiary alicyclic amines) is 1. The third-order valence-corrected chi connectivity index (χ3v) is 5.52. The highest BCUT2D eigenvalue weighted by Crippen LogP contribution is 2.28. The molecule has 1 aliphatic heterocycles. The van der Waals surface area contributed by atoms with E-state index >= 15 is 0 Å². The summed E-state index contributed by atoms with van der Waals surface area (Å²) in [4.78, 5) is 31.2. The summed E-state index contributed by atoms with van der Waals surface area (Å²) in [5.74, 6) is -0.382. The summed E-state index contributed by atoms with van der Waals surface area (Å²) in [6, 6.07) is 7.37. The van der Waals surface area contributed by atoms with Gasteiger partial charge in [0.2, 0.25) is 0 Å². The van der Waals surface area contributed by atoms with Gasteiger partial charge in [-0.25, -0.2) is 9.78 Å². The lowest BCUT2D eigenvalue weighted by atomic mass is 10.0. The highest BCUT2D eigenvalue weighted by atomic mass is 35.5. The number of benzene rings is 1. The zero-order chi connectivity index (χ0) is 20.0. The summed E-state index contributed by atoms with van der Waals surface area (Å²) in [5, 5.41) is 0.320. The molecule has 1 saturated heterocycles. The third-order valence-electron chi connectivity index (χ3n) is 5.33. The molecule has 0 N–H and O–H groups in total. The van der Waals surface area contributed by atoms with Gasteiger partial charge in [0, 0.05) is 30.4 Å². The molecule has 0 atom stereocenters. The van der Waals surface area contributed by atoms with Crippen molar-refractivity contribution in [2.75, 3.05) is 13.1 Å². The van der Waals surface area contributed by atoms with Gasteiger partial charge in [-0.05, 0) is 62.9 Å². The number of pyridine rings is 1. The van der Waals surface area contributed by atoms with Crippen LogP contribution in [0, 0.1) is 20.8 Å². The first-order valence-electron chi connectivity index (χ1n) is 9.39. The van der Waals surface area contributed by atoms with E-state index in [0.29, 0.717) is 47.9 Å². The molecule has 1 fully saturated rings. The monoisotopic (exact) mass is 399 g/mol. The molecule has 3 aromatic rings. The summed E-state index contributed by atoms with van der Waals surface area (Å²) in [7, 11) is 0. The minimum Gasteiger partial charge on any atom is -0.407 e. The van der Waals surface area contributed by atoms with Crippen molar-refractivity contribution in [2.24, 2.45) is 0 Å². The van der Waals surface area contributed by atoms with Crippen LogP contribution in [0.3, 0.4) is 0 Å². The number of amides is 1. The molecule has 1 amide bonds. The van der Waals surface area contributed by atoms with Crippen molar-refractivity contribution in [1.29, 1.82) is 0 Å². The van der Waals surface area contributed by atoms with E-state index < -0.39 is 0 Å². The fraction of sp³-hybridized carbons (Fsp3) is 0.381. The first kappa shape index (κ1) is 18.7. The predicted molar refractivity (Wildman–Crippen MR) is 108 cm³/mol. The first-order chi connectivity index (χ1) is 13.3. The maximum absolute atomic E-state index is 12.8. The van der Waals surface area contributed by atoms with Crippen molar-refractivity contribution in [1.82, 2.24) is 14.5 Å². The Bertz CT molecular complexity index is 1100. The van der Waals surface area contributed by atoms with Gasteiger partial charge in [-0.3, -0.25) is 9.36 Å². The van der Waals surface area contributed by atoms with Crippen molar-refractivity contribution in [3.8, 4) is 0 Å². The number of piperidine rings is 1. The Morgan fingerprint density at radius 2 is 1.86 bits per heavy atom. The van der Waals surface area contributed by atoms with Crippen LogP contribution in [0.5, 0.6) is 0 Å². The molecule has 1 aromatic carbocycles. The molecule has 6 nitrogen and oxygen atoms in total. The molecule has 2 aromatic heterocycles. The lowest BCUT2D eigenvalue weighted by Crippen LogP contribution is -2.40. The SMILES string of the molecule is Cc1cc(C)c2oc(=O)n(C3CCN(C(=O)c4cc(C)nc(Cl)c4)CC3)c2c1. The number of aromatic nitrogens is 2. The minimum absolute atomic E-state index is 0.0155. The lowest BCUT2D eigenvalue weighted by Gasteiger charge is -2.32. The Balaban J connectivity index is 1.56. The van der Waals surface area contributed by atoms with E-state index in [2.05, 4.69) is 4.98 Å². The van der Waals surface area contributed by atoms with Crippen molar-refractivity contribution in [3.05, 3.63) is 62.4 Å². The van der Waals surface area contributed by atoms with Crippen LogP contribution in [-0.4, -0.2) is 33.4 Å². The van der Waals surface area contributed by atoms with Crippen LogP contribution in [0.4, 0.5) is 0 Å². The number of carbonyl (C=O) groups is 1. The molecule has 1 aliphatic rings. The largest absolute Gasteiger partial charge is 0.420 e. The van der Waals surface area contributed by atoms with Crippen LogP contribution in [-0.2, 0) is 0 Å². The van der Waals surface area contributed by atoms with Gasteiger partial charge in [-0.1, -0.05) is 17.7 Å². The molecule has 3 heterocycles. The summed E-state index contributed by atoms with van der Waals surface area (Å²) in [6.07, 6.45) is 1.40. The number of aryl methyl sites for hydroxylation is 3. The predicted octanol–water partition coefficient (Wildman–Crippen LogP) is 4.05. The van der Waals surface area contributed by atoms with Crippen LogP contribution >= 0.6 is 11.6 Å². The van der Waals surface area contributed by atoms with E-state index in [-0.39, 0.29) is 17.7 Å². The van der Waals surface area contributed by atoms with Crippen molar-refractivity contribution >= 4 is 28.6 Å². The van der Waals surface area contributed by atoms with E-state index in [1.54, 1.807) is 16.7 Å². The second-order valence-corrected chi connectivity index (χ2v) is 7.90. The molecule has 4 rings (SSSR count). The Morgan fingerprint density at radius 3 is 2.54 bits per heavy atom. The third kappa shape index (κ3) is 3.33. The van der Waals surface area contributed by atoms with E-state index in [4.69, 9.17) is 16.0 Å². The molecule has 146 valence electrons. The fourth-order valence-electron chi connectivity index (χ4n) is 4.09. The Morgan fingerprint density at radius 1 is 1.14 bits per heavy atom.